The molecule has 2 aromatic rings. The molecule has 0 saturated carbocycles. The summed E-state index contributed by atoms with van der Waals surface area (Å²) in [6.45, 7) is 2.10. The molecule has 0 bridgehead atoms. The van der Waals surface area contributed by atoms with Crippen LogP contribution in [-0.2, 0) is 6.42 Å². The van der Waals surface area contributed by atoms with E-state index < -0.39 is 0 Å². The summed E-state index contributed by atoms with van der Waals surface area (Å²) in [7, 11) is 1.66. The number of hydrogen-bond acceptors (Lipinski definition) is 2. The summed E-state index contributed by atoms with van der Waals surface area (Å²) in [6.07, 6.45) is 0.931. The molecule has 16 heavy (non-hydrogen) atoms. The molecule has 0 aliphatic carbocycles. The minimum absolute atomic E-state index is 0.773. The van der Waals surface area contributed by atoms with Gasteiger partial charge in [-0.3, -0.25) is 0 Å². The number of methoxy groups -OCH3 is 1. The molecule has 1 N–H and O–H groups in total. The number of ether oxygens (including phenoxy) is 1. The van der Waals surface area contributed by atoms with Crippen LogP contribution in [0.5, 0.6) is 5.75 Å². The van der Waals surface area contributed by atoms with Gasteiger partial charge in [-0.05, 0) is 46.6 Å². The molecule has 3 nitrogen and oxygen atoms in total. The fraction of sp³-hybridized carbons (Fsp3) is 0.250. The number of nitrogens with one attached hydrogen (secondary N) is 1. The van der Waals surface area contributed by atoms with Crippen LogP contribution in [0, 0.1) is 0 Å². The van der Waals surface area contributed by atoms with Crippen molar-refractivity contribution in [2.24, 2.45) is 0 Å². The van der Waals surface area contributed by atoms with Crippen LogP contribution in [0.2, 0.25) is 0 Å². The molecule has 0 saturated heterocycles. The topological polar surface area (TPSA) is 37.9 Å². The molecule has 0 atom stereocenters. The van der Waals surface area contributed by atoms with Crippen LogP contribution in [0.3, 0.4) is 0 Å². The molecule has 1 aromatic heterocycles. The lowest BCUT2D eigenvalue weighted by Crippen LogP contribution is -1.87. The normalized spacial score (nSPS) is 10.4. The van der Waals surface area contributed by atoms with Gasteiger partial charge >= 0.3 is 0 Å². The van der Waals surface area contributed by atoms with Crippen LogP contribution in [-0.4, -0.2) is 17.1 Å². The van der Waals surface area contributed by atoms with Gasteiger partial charge in [-0.2, -0.15) is 0 Å². The van der Waals surface area contributed by atoms with Crippen molar-refractivity contribution in [3.8, 4) is 17.0 Å². The lowest BCUT2D eigenvalue weighted by Gasteiger charge is -2.02. The van der Waals surface area contributed by atoms with Gasteiger partial charge < -0.3 is 9.72 Å². The summed E-state index contributed by atoms with van der Waals surface area (Å²) < 4.78 is 5.90. The Morgan fingerprint density at radius 3 is 2.56 bits per heavy atom. The number of nitrogens with zero attached hydrogens (tertiary/aromatic N) is 1. The molecule has 0 aliphatic heterocycles. The Kier molecular flexibility index (Phi) is 3.29. The van der Waals surface area contributed by atoms with Gasteiger partial charge in [-0.15, -0.1) is 0 Å². The Morgan fingerprint density at radius 1 is 1.31 bits per heavy atom. The van der Waals surface area contributed by atoms with E-state index in [4.69, 9.17) is 4.74 Å². The summed E-state index contributed by atoms with van der Waals surface area (Å²) in [5.74, 6) is 0.858. The summed E-state index contributed by atoms with van der Waals surface area (Å²) in [5.41, 5.74) is 3.23. The summed E-state index contributed by atoms with van der Waals surface area (Å²) in [4.78, 5) is 7.62. The maximum absolute atomic E-state index is 5.13. The van der Waals surface area contributed by atoms with E-state index in [0.717, 1.165) is 33.9 Å². The molecule has 0 amide bonds. The Bertz CT molecular complexity index is 476. The van der Waals surface area contributed by atoms with Gasteiger partial charge in [-0.25, -0.2) is 4.98 Å². The van der Waals surface area contributed by atoms with E-state index in [9.17, 15) is 0 Å². The molecule has 2 rings (SSSR count). The average Bonchev–Trinajstić information content (AvgIpc) is 2.70. The van der Waals surface area contributed by atoms with Crippen molar-refractivity contribution >= 4 is 15.9 Å². The number of imidazole rings is 1. The molecular formula is C12H13BrN2O. The van der Waals surface area contributed by atoms with E-state index in [1.54, 1.807) is 7.11 Å². The van der Waals surface area contributed by atoms with Crippen LogP contribution >= 0.6 is 15.9 Å². The first kappa shape index (κ1) is 11.2. The van der Waals surface area contributed by atoms with Crippen molar-refractivity contribution in [2.75, 3.05) is 7.11 Å². The minimum Gasteiger partial charge on any atom is -0.497 e. The minimum atomic E-state index is 0.773. The quantitative estimate of drug-likeness (QED) is 0.936. The van der Waals surface area contributed by atoms with Crippen molar-refractivity contribution in [1.29, 1.82) is 0 Å². The standard InChI is InChI=1S/C12H13BrN2O/c1-3-10-11(15-12(13)14-10)8-4-6-9(16-2)7-5-8/h4-7H,3H2,1-2H3,(H,14,15). The smallest absolute Gasteiger partial charge is 0.175 e. The second-order valence-corrected chi connectivity index (χ2v) is 4.19. The number of aromatic amines is 1. The zero-order valence-corrected chi connectivity index (χ0v) is 10.8. The highest BCUT2D eigenvalue weighted by Crippen LogP contribution is 2.25. The number of benzene rings is 1. The first-order valence-corrected chi connectivity index (χ1v) is 5.92. The van der Waals surface area contributed by atoms with Gasteiger partial charge in [0.2, 0.25) is 0 Å². The third-order valence-electron chi connectivity index (χ3n) is 2.47. The lowest BCUT2D eigenvalue weighted by molar-refractivity contribution is 0.415. The Balaban J connectivity index is 2.41. The van der Waals surface area contributed by atoms with E-state index in [-0.39, 0.29) is 0 Å². The van der Waals surface area contributed by atoms with Crippen LogP contribution in [0.25, 0.3) is 11.3 Å². The largest absolute Gasteiger partial charge is 0.497 e. The Morgan fingerprint density at radius 2 is 2.00 bits per heavy atom. The van der Waals surface area contributed by atoms with Gasteiger partial charge in [0.15, 0.2) is 4.73 Å². The van der Waals surface area contributed by atoms with Gasteiger partial charge in [0, 0.05) is 11.3 Å². The summed E-state index contributed by atoms with van der Waals surface area (Å²) in [6, 6.07) is 7.91. The van der Waals surface area contributed by atoms with E-state index in [2.05, 4.69) is 32.8 Å². The Labute approximate surface area is 103 Å². The van der Waals surface area contributed by atoms with Crippen molar-refractivity contribution in [2.45, 2.75) is 13.3 Å². The molecule has 0 aliphatic rings. The molecule has 1 heterocycles. The Hall–Kier alpha value is -1.29. The van der Waals surface area contributed by atoms with Gasteiger partial charge in [0.25, 0.3) is 0 Å². The zero-order chi connectivity index (χ0) is 11.5. The number of aryl methyl sites for hydroxylation is 1. The fourth-order valence-electron chi connectivity index (χ4n) is 1.62. The van der Waals surface area contributed by atoms with Crippen molar-refractivity contribution in [1.82, 2.24) is 9.97 Å². The third kappa shape index (κ3) is 2.11. The second kappa shape index (κ2) is 4.70. The molecule has 0 fully saturated rings. The van der Waals surface area contributed by atoms with Gasteiger partial charge in [0.1, 0.15) is 5.75 Å². The van der Waals surface area contributed by atoms with E-state index in [0.29, 0.717) is 0 Å². The summed E-state index contributed by atoms with van der Waals surface area (Å²) >= 11 is 3.36. The molecule has 0 radical (unpaired) electrons. The number of aromatic nitrogens is 2. The lowest BCUT2D eigenvalue weighted by atomic mass is 10.1. The predicted octanol–water partition coefficient (Wildman–Crippen LogP) is 3.41. The molecule has 0 spiro atoms. The maximum Gasteiger partial charge on any atom is 0.175 e. The highest BCUT2D eigenvalue weighted by molar-refractivity contribution is 9.10. The van der Waals surface area contributed by atoms with Gasteiger partial charge in [0.05, 0.1) is 12.8 Å². The molecule has 0 unspecified atom stereocenters. The molecule has 4 heteroatoms. The van der Waals surface area contributed by atoms with Crippen LogP contribution in [0.4, 0.5) is 0 Å². The number of hydrogen-bond donors (Lipinski definition) is 1. The SMILES string of the molecule is CCc1[nH]c(Br)nc1-c1ccc(OC)cc1. The molecular weight excluding hydrogens is 268 g/mol. The van der Waals surface area contributed by atoms with E-state index in [1.807, 2.05) is 24.3 Å². The van der Waals surface area contributed by atoms with Crippen molar-refractivity contribution in [3.63, 3.8) is 0 Å². The molecule has 1 aromatic carbocycles. The van der Waals surface area contributed by atoms with Crippen molar-refractivity contribution < 1.29 is 4.74 Å². The molecule has 84 valence electrons. The van der Waals surface area contributed by atoms with E-state index in [1.165, 1.54) is 0 Å². The van der Waals surface area contributed by atoms with Crippen LogP contribution in [0.15, 0.2) is 29.0 Å². The predicted molar refractivity (Wildman–Crippen MR) is 67.7 cm³/mol. The highest BCUT2D eigenvalue weighted by atomic mass is 79.9. The number of H-pyrrole nitrogens is 1. The highest BCUT2D eigenvalue weighted by Gasteiger charge is 2.09. The zero-order valence-electron chi connectivity index (χ0n) is 9.25. The number of halogens is 1. The second-order valence-electron chi connectivity index (χ2n) is 3.44. The number of rotatable bonds is 3. The fourth-order valence-corrected chi connectivity index (χ4v) is 2.04. The van der Waals surface area contributed by atoms with Crippen LogP contribution < -0.4 is 4.74 Å². The summed E-state index contributed by atoms with van der Waals surface area (Å²) in [5, 5.41) is 0. The van der Waals surface area contributed by atoms with Crippen molar-refractivity contribution in [3.05, 3.63) is 34.7 Å². The monoisotopic (exact) mass is 280 g/mol. The first-order chi connectivity index (χ1) is 7.74. The first-order valence-electron chi connectivity index (χ1n) is 5.13. The van der Waals surface area contributed by atoms with Crippen LogP contribution in [0.1, 0.15) is 12.6 Å². The third-order valence-corrected chi connectivity index (χ3v) is 2.84. The average molecular weight is 281 g/mol. The van der Waals surface area contributed by atoms with Gasteiger partial charge in [-0.1, -0.05) is 6.92 Å². The van der Waals surface area contributed by atoms with E-state index >= 15 is 0 Å². The maximum atomic E-state index is 5.13.